The molecule has 1 aliphatic heterocycles. The minimum atomic E-state index is -0.569. The summed E-state index contributed by atoms with van der Waals surface area (Å²) in [5.41, 5.74) is 5.68. The molecule has 0 aromatic carbocycles. The fourth-order valence-corrected chi connectivity index (χ4v) is 1.56. The average Bonchev–Trinajstić information content (AvgIpc) is 2.01. The Bertz CT molecular complexity index is 130. The maximum atomic E-state index is 9.42. The van der Waals surface area contributed by atoms with Crippen LogP contribution in [0, 0.1) is 0 Å². The zero-order valence-electron chi connectivity index (χ0n) is 7.31. The number of ether oxygens (including phenoxy) is 1. The first kappa shape index (κ1) is 9.92. The lowest BCUT2D eigenvalue weighted by Crippen LogP contribution is -2.51. The summed E-state index contributed by atoms with van der Waals surface area (Å²) in [6.45, 7) is 1.91. The van der Waals surface area contributed by atoms with E-state index in [2.05, 4.69) is 0 Å². The van der Waals surface area contributed by atoms with Crippen LogP contribution in [0.2, 0.25) is 0 Å². The first-order chi connectivity index (χ1) is 5.65. The van der Waals surface area contributed by atoms with Crippen LogP contribution in [0.5, 0.6) is 0 Å². The van der Waals surface area contributed by atoms with E-state index in [9.17, 15) is 5.11 Å². The standard InChI is InChI=1S/C8H17NO3/c1-5-8(11)7(9)4-6(12-5)2-3-10/h5-8,10-11H,2-4,9H2,1H3. The van der Waals surface area contributed by atoms with Crippen molar-refractivity contribution in [1.29, 1.82) is 0 Å². The lowest BCUT2D eigenvalue weighted by atomic mass is 9.96. The van der Waals surface area contributed by atoms with Crippen molar-refractivity contribution >= 4 is 0 Å². The highest BCUT2D eigenvalue weighted by Crippen LogP contribution is 2.20. The van der Waals surface area contributed by atoms with E-state index in [0.29, 0.717) is 12.8 Å². The molecular formula is C8H17NO3. The highest BCUT2D eigenvalue weighted by molar-refractivity contribution is 4.85. The van der Waals surface area contributed by atoms with Crippen LogP contribution in [0.3, 0.4) is 0 Å². The quantitative estimate of drug-likeness (QED) is 0.515. The Morgan fingerprint density at radius 3 is 2.75 bits per heavy atom. The fourth-order valence-electron chi connectivity index (χ4n) is 1.56. The van der Waals surface area contributed by atoms with Gasteiger partial charge in [-0.3, -0.25) is 0 Å². The molecule has 4 N–H and O–H groups in total. The van der Waals surface area contributed by atoms with Crippen molar-refractivity contribution in [3.63, 3.8) is 0 Å². The second-order valence-corrected chi connectivity index (χ2v) is 3.37. The Morgan fingerprint density at radius 2 is 2.25 bits per heavy atom. The summed E-state index contributed by atoms with van der Waals surface area (Å²) in [5.74, 6) is 0. The maximum Gasteiger partial charge on any atom is 0.0950 e. The molecule has 0 aromatic rings. The summed E-state index contributed by atoms with van der Waals surface area (Å²) in [6, 6.07) is -0.217. The van der Waals surface area contributed by atoms with Crippen LogP contribution in [-0.4, -0.2) is 41.2 Å². The number of nitrogens with two attached hydrogens (primary N) is 1. The molecule has 4 atom stereocenters. The van der Waals surface area contributed by atoms with Gasteiger partial charge >= 0.3 is 0 Å². The molecule has 0 aromatic heterocycles. The number of aliphatic hydroxyl groups excluding tert-OH is 2. The van der Waals surface area contributed by atoms with Gasteiger partial charge in [0.05, 0.1) is 18.3 Å². The first-order valence-electron chi connectivity index (χ1n) is 4.35. The van der Waals surface area contributed by atoms with Crippen LogP contribution in [0.1, 0.15) is 19.8 Å². The second kappa shape index (κ2) is 4.18. The predicted octanol–water partition coefficient (Wildman–Crippen LogP) is -0.766. The van der Waals surface area contributed by atoms with Crippen LogP contribution in [0.15, 0.2) is 0 Å². The van der Waals surface area contributed by atoms with Gasteiger partial charge in [0.2, 0.25) is 0 Å². The van der Waals surface area contributed by atoms with E-state index in [1.165, 1.54) is 0 Å². The van der Waals surface area contributed by atoms with Gasteiger partial charge in [0.1, 0.15) is 0 Å². The zero-order chi connectivity index (χ0) is 9.14. The molecule has 0 aliphatic carbocycles. The monoisotopic (exact) mass is 175 g/mol. The smallest absolute Gasteiger partial charge is 0.0950 e. The Balaban J connectivity index is 2.42. The van der Waals surface area contributed by atoms with Gasteiger partial charge in [-0.05, 0) is 19.8 Å². The van der Waals surface area contributed by atoms with Crippen LogP contribution in [0.25, 0.3) is 0 Å². The lowest BCUT2D eigenvalue weighted by molar-refractivity contribution is -0.122. The highest BCUT2D eigenvalue weighted by Gasteiger charge is 2.32. The molecule has 72 valence electrons. The van der Waals surface area contributed by atoms with Gasteiger partial charge < -0.3 is 20.7 Å². The summed E-state index contributed by atoms with van der Waals surface area (Å²) in [5, 5.41) is 18.1. The van der Waals surface area contributed by atoms with Crippen molar-refractivity contribution in [2.45, 2.75) is 44.1 Å². The van der Waals surface area contributed by atoms with Crippen LogP contribution in [0.4, 0.5) is 0 Å². The van der Waals surface area contributed by atoms with Crippen molar-refractivity contribution < 1.29 is 14.9 Å². The molecule has 1 aliphatic rings. The molecular weight excluding hydrogens is 158 g/mol. The second-order valence-electron chi connectivity index (χ2n) is 3.37. The van der Waals surface area contributed by atoms with Crippen molar-refractivity contribution in [2.24, 2.45) is 5.73 Å². The topological polar surface area (TPSA) is 75.7 Å². The third-order valence-corrected chi connectivity index (χ3v) is 2.31. The van der Waals surface area contributed by atoms with Crippen molar-refractivity contribution in [2.75, 3.05) is 6.61 Å². The largest absolute Gasteiger partial charge is 0.396 e. The third-order valence-electron chi connectivity index (χ3n) is 2.31. The minimum absolute atomic E-state index is 0.00315. The molecule has 1 rings (SSSR count). The number of rotatable bonds is 2. The van der Waals surface area contributed by atoms with E-state index in [1.54, 1.807) is 6.92 Å². The summed E-state index contributed by atoms with van der Waals surface area (Å²) in [7, 11) is 0. The van der Waals surface area contributed by atoms with Gasteiger partial charge in [-0.2, -0.15) is 0 Å². The first-order valence-corrected chi connectivity index (χ1v) is 4.35. The van der Waals surface area contributed by atoms with E-state index in [0.717, 1.165) is 0 Å². The molecule has 1 heterocycles. The van der Waals surface area contributed by atoms with Gasteiger partial charge in [0.25, 0.3) is 0 Å². The molecule has 0 radical (unpaired) electrons. The van der Waals surface area contributed by atoms with Crippen LogP contribution < -0.4 is 5.73 Å². The average molecular weight is 175 g/mol. The van der Waals surface area contributed by atoms with Gasteiger partial charge in [0, 0.05) is 12.6 Å². The van der Waals surface area contributed by atoms with E-state index in [1.807, 2.05) is 0 Å². The van der Waals surface area contributed by atoms with Crippen molar-refractivity contribution in [1.82, 2.24) is 0 Å². The lowest BCUT2D eigenvalue weighted by Gasteiger charge is -2.36. The number of hydrogen-bond donors (Lipinski definition) is 3. The third kappa shape index (κ3) is 2.17. The van der Waals surface area contributed by atoms with Crippen molar-refractivity contribution in [3.8, 4) is 0 Å². The Labute approximate surface area is 72.3 Å². The molecule has 0 bridgehead atoms. The predicted molar refractivity (Wildman–Crippen MR) is 44.6 cm³/mol. The summed E-state index contributed by atoms with van der Waals surface area (Å²) < 4.78 is 5.42. The highest BCUT2D eigenvalue weighted by atomic mass is 16.5. The molecule has 1 fully saturated rings. The van der Waals surface area contributed by atoms with E-state index < -0.39 is 6.10 Å². The summed E-state index contributed by atoms with van der Waals surface area (Å²) >= 11 is 0. The Kier molecular flexibility index (Phi) is 3.46. The van der Waals surface area contributed by atoms with Gasteiger partial charge in [-0.1, -0.05) is 0 Å². The van der Waals surface area contributed by atoms with E-state index in [4.69, 9.17) is 15.6 Å². The van der Waals surface area contributed by atoms with Crippen LogP contribution in [-0.2, 0) is 4.74 Å². The maximum absolute atomic E-state index is 9.42. The fraction of sp³-hybridized carbons (Fsp3) is 1.00. The van der Waals surface area contributed by atoms with E-state index >= 15 is 0 Å². The number of aliphatic hydroxyl groups is 2. The minimum Gasteiger partial charge on any atom is -0.396 e. The molecule has 1 saturated heterocycles. The molecule has 4 heteroatoms. The molecule has 12 heavy (non-hydrogen) atoms. The van der Waals surface area contributed by atoms with Crippen molar-refractivity contribution in [3.05, 3.63) is 0 Å². The molecule has 0 spiro atoms. The van der Waals surface area contributed by atoms with Gasteiger partial charge in [-0.15, -0.1) is 0 Å². The van der Waals surface area contributed by atoms with Gasteiger partial charge in [0.15, 0.2) is 0 Å². The van der Waals surface area contributed by atoms with E-state index in [-0.39, 0.29) is 24.9 Å². The summed E-state index contributed by atoms with van der Waals surface area (Å²) in [6.07, 6.45) is 0.449. The molecule has 4 unspecified atom stereocenters. The SMILES string of the molecule is CC1OC(CCO)CC(N)C1O. The normalized spacial score (nSPS) is 43.0. The van der Waals surface area contributed by atoms with Gasteiger partial charge in [-0.25, -0.2) is 0 Å². The Hall–Kier alpha value is -0.160. The molecule has 4 nitrogen and oxygen atoms in total. The summed E-state index contributed by atoms with van der Waals surface area (Å²) in [4.78, 5) is 0. The Morgan fingerprint density at radius 1 is 1.58 bits per heavy atom. The van der Waals surface area contributed by atoms with Crippen LogP contribution >= 0.6 is 0 Å². The molecule has 0 saturated carbocycles. The number of hydrogen-bond acceptors (Lipinski definition) is 4. The molecule has 0 amide bonds. The zero-order valence-corrected chi connectivity index (χ0v) is 7.31.